The predicted molar refractivity (Wildman–Crippen MR) is 102 cm³/mol. The van der Waals surface area contributed by atoms with E-state index in [1.807, 2.05) is 0 Å². The zero-order valence-electron chi connectivity index (χ0n) is 14.7. The van der Waals surface area contributed by atoms with Gasteiger partial charge in [0, 0.05) is 24.3 Å². The molecule has 28 heavy (non-hydrogen) atoms. The summed E-state index contributed by atoms with van der Waals surface area (Å²) in [6, 6.07) is 11.0. The Hall–Kier alpha value is -2.31. The lowest BCUT2D eigenvalue weighted by molar-refractivity contribution is 0.0730. The molecule has 0 spiro atoms. The molecule has 2 aromatic rings. The van der Waals surface area contributed by atoms with Crippen molar-refractivity contribution >= 4 is 31.6 Å². The van der Waals surface area contributed by atoms with Gasteiger partial charge in [-0.3, -0.25) is 4.79 Å². The largest absolute Gasteiger partial charge is 0.379 e. The maximum atomic E-state index is 12.7. The van der Waals surface area contributed by atoms with Gasteiger partial charge in [0.1, 0.15) is 0 Å². The Morgan fingerprint density at radius 1 is 0.964 bits per heavy atom. The van der Waals surface area contributed by atoms with Crippen molar-refractivity contribution in [3.05, 3.63) is 54.1 Å². The Kier molecular flexibility index (Phi) is 5.82. The van der Waals surface area contributed by atoms with Gasteiger partial charge in [-0.15, -0.1) is 0 Å². The minimum absolute atomic E-state index is 0.0665. The first-order valence-corrected chi connectivity index (χ1v) is 11.3. The Morgan fingerprint density at radius 2 is 1.61 bits per heavy atom. The third-order valence-corrected chi connectivity index (χ3v) is 6.97. The van der Waals surface area contributed by atoms with E-state index in [1.165, 1.54) is 46.8 Å². The molecule has 1 aliphatic heterocycles. The van der Waals surface area contributed by atoms with Crippen molar-refractivity contribution in [3.63, 3.8) is 0 Å². The third kappa shape index (κ3) is 4.56. The minimum Gasteiger partial charge on any atom is -0.379 e. The summed E-state index contributed by atoms with van der Waals surface area (Å²) >= 11 is 0. The highest BCUT2D eigenvalue weighted by molar-refractivity contribution is 7.89. The second-order valence-electron chi connectivity index (χ2n) is 6.07. The molecule has 11 heteroatoms. The summed E-state index contributed by atoms with van der Waals surface area (Å²) < 4.78 is 54.5. The first-order valence-electron chi connectivity index (χ1n) is 8.30. The van der Waals surface area contributed by atoms with Gasteiger partial charge in [0.2, 0.25) is 20.0 Å². The molecule has 0 unspecified atom stereocenters. The van der Waals surface area contributed by atoms with Crippen molar-refractivity contribution in [1.82, 2.24) is 4.31 Å². The number of sulfonamides is 2. The number of morpholine rings is 1. The molecule has 3 N–H and O–H groups in total. The molecule has 0 aliphatic carbocycles. The molecule has 9 nitrogen and oxygen atoms in total. The van der Waals surface area contributed by atoms with Gasteiger partial charge >= 0.3 is 0 Å². The maximum Gasteiger partial charge on any atom is 0.255 e. The Labute approximate surface area is 163 Å². The normalized spacial score (nSPS) is 15.9. The van der Waals surface area contributed by atoms with Crippen LogP contribution in [0, 0.1) is 0 Å². The first-order chi connectivity index (χ1) is 13.2. The fourth-order valence-corrected chi connectivity index (χ4v) is 4.64. The van der Waals surface area contributed by atoms with Crippen molar-refractivity contribution in [3.8, 4) is 0 Å². The van der Waals surface area contributed by atoms with Crippen molar-refractivity contribution in [2.75, 3.05) is 31.6 Å². The quantitative estimate of drug-likeness (QED) is 0.720. The molecule has 1 heterocycles. The van der Waals surface area contributed by atoms with E-state index < -0.39 is 26.0 Å². The monoisotopic (exact) mass is 425 g/mol. The highest BCUT2D eigenvalue weighted by atomic mass is 32.2. The van der Waals surface area contributed by atoms with E-state index in [2.05, 4.69) is 5.32 Å². The standard InChI is InChI=1S/C17H19N3O6S2/c18-27(22,23)15-6-4-13(5-7-15)17(21)19-14-2-1-3-16(12-14)28(24,25)20-8-10-26-11-9-20/h1-7,12H,8-11H2,(H,19,21)(H2,18,22,23). The molecule has 3 rings (SSSR count). The topological polar surface area (TPSA) is 136 Å². The molecule has 1 aliphatic rings. The number of carbonyl (C=O) groups is 1. The van der Waals surface area contributed by atoms with Gasteiger partial charge in [0.25, 0.3) is 5.91 Å². The van der Waals surface area contributed by atoms with Crippen LogP contribution in [0.25, 0.3) is 0 Å². The lowest BCUT2D eigenvalue weighted by atomic mass is 10.2. The van der Waals surface area contributed by atoms with E-state index in [0.29, 0.717) is 18.9 Å². The van der Waals surface area contributed by atoms with Crippen LogP contribution in [0.2, 0.25) is 0 Å². The lowest BCUT2D eigenvalue weighted by Gasteiger charge is -2.26. The van der Waals surface area contributed by atoms with E-state index in [1.54, 1.807) is 6.07 Å². The molecule has 0 aromatic heterocycles. The summed E-state index contributed by atoms with van der Waals surface area (Å²) in [4.78, 5) is 12.3. The van der Waals surface area contributed by atoms with Crippen LogP contribution in [0.5, 0.6) is 0 Å². The van der Waals surface area contributed by atoms with E-state index in [0.717, 1.165) is 0 Å². The van der Waals surface area contributed by atoms with Crippen molar-refractivity contribution in [1.29, 1.82) is 0 Å². The molecular weight excluding hydrogens is 406 g/mol. The fourth-order valence-electron chi connectivity index (χ4n) is 2.67. The number of anilines is 1. The molecule has 1 saturated heterocycles. The molecule has 0 radical (unpaired) electrons. The molecule has 0 atom stereocenters. The summed E-state index contributed by atoms with van der Waals surface area (Å²) in [5, 5.41) is 7.63. The number of ether oxygens (including phenoxy) is 1. The average molecular weight is 425 g/mol. The third-order valence-electron chi connectivity index (χ3n) is 4.14. The lowest BCUT2D eigenvalue weighted by Crippen LogP contribution is -2.40. The zero-order valence-corrected chi connectivity index (χ0v) is 16.4. The molecule has 150 valence electrons. The van der Waals surface area contributed by atoms with Crippen LogP contribution in [0.1, 0.15) is 10.4 Å². The number of hydrogen-bond donors (Lipinski definition) is 2. The summed E-state index contributed by atoms with van der Waals surface area (Å²) in [6.45, 7) is 1.22. The van der Waals surface area contributed by atoms with Crippen LogP contribution in [-0.2, 0) is 24.8 Å². The molecule has 0 bridgehead atoms. The highest BCUT2D eigenvalue weighted by Crippen LogP contribution is 2.21. The second kappa shape index (κ2) is 7.97. The Morgan fingerprint density at radius 3 is 2.21 bits per heavy atom. The van der Waals surface area contributed by atoms with E-state index in [-0.39, 0.29) is 28.4 Å². The van der Waals surface area contributed by atoms with Crippen LogP contribution in [0.4, 0.5) is 5.69 Å². The first kappa shape index (κ1) is 20.4. The van der Waals surface area contributed by atoms with Gasteiger partial charge in [-0.1, -0.05) is 6.07 Å². The van der Waals surface area contributed by atoms with Crippen LogP contribution >= 0.6 is 0 Å². The molecule has 1 amide bonds. The maximum absolute atomic E-state index is 12.7. The number of benzene rings is 2. The van der Waals surface area contributed by atoms with Crippen molar-refractivity contribution < 1.29 is 26.4 Å². The van der Waals surface area contributed by atoms with Gasteiger partial charge in [-0.25, -0.2) is 22.0 Å². The highest BCUT2D eigenvalue weighted by Gasteiger charge is 2.26. The van der Waals surface area contributed by atoms with E-state index in [9.17, 15) is 21.6 Å². The fraction of sp³-hybridized carbons (Fsp3) is 0.235. The molecule has 2 aromatic carbocycles. The summed E-state index contributed by atoms with van der Waals surface area (Å²) in [6.07, 6.45) is 0. The summed E-state index contributed by atoms with van der Waals surface area (Å²) in [7, 11) is -7.53. The van der Waals surface area contributed by atoms with Crippen LogP contribution in [-0.4, -0.2) is 53.4 Å². The number of nitrogens with one attached hydrogen (secondary N) is 1. The number of nitrogens with zero attached hydrogens (tertiary/aromatic N) is 1. The minimum atomic E-state index is -3.85. The smallest absolute Gasteiger partial charge is 0.255 e. The predicted octanol–water partition coefficient (Wildman–Crippen LogP) is 0.607. The van der Waals surface area contributed by atoms with Gasteiger partial charge in [0.05, 0.1) is 23.0 Å². The van der Waals surface area contributed by atoms with Crippen molar-refractivity contribution in [2.24, 2.45) is 5.14 Å². The number of rotatable bonds is 5. The average Bonchev–Trinajstić information content (AvgIpc) is 2.68. The Bertz CT molecular complexity index is 1080. The van der Waals surface area contributed by atoms with Gasteiger partial charge < -0.3 is 10.1 Å². The van der Waals surface area contributed by atoms with Gasteiger partial charge in [-0.05, 0) is 42.5 Å². The Balaban J connectivity index is 1.78. The number of carbonyl (C=O) groups excluding carboxylic acids is 1. The van der Waals surface area contributed by atoms with E-state index >= 15 is 0 Å². The zero-order chi connectivity index (χ0) is 20.4. The van der Waals surface area contributed by atoms with Crippen LogP contribution in [0.3, 0.4) is 0 Å². The SMILES string of the molecule is NS(=O)(=O)c1ccc(C(=O)Nc2cccc(S(=O)(=O)N3CCOCC3)c2)cc1. The summed E-state index contributed by atoms with van der Waals surface area (Å²) in [5.74, 6) is -0.512. The number of amides is 1. The van der Waals surface area contributed by atoms with Crippen molar-refractivity contribution in [2.45, 2.75) is 9.79 Å². The number of primary sulfonamides is 1. The number of hydrogen-bond acceptors (Lipinski definition) is 6. The summed E-state index contributed by atoms with van der Waals surface area (Å²) in [5.41, 5.74) is 0.503. The van der Waals surface area contributed by atoms with E-state index in [4.69, 9.17) is 9.88 Å². The van der Waals surface area contributed by atoms with Gasteiger partial charge in [-0.2, -0.15) is 4.31 Å². The van der Waals surface area contributed by atoms with Crippen LogP contribution in [0.15, 0.2) is 58.3 Å². The molecule has 1 fully saturated rings. The van der Waals surface area contributed by atoms with Gasteiger partial charge in [0.15, 0.2) is 0 Å². The molecule has 0 saturated carbocycles. The molecular formula is C17H19N3O6S2. The number of nitrogens with two attached hydrogens (primary N) is 1. The van der Waals surface area contributed by atoms with Crippen LogP contribution < -0.4 is 10.5 Å². The second-order valence-corrected chi connectivity index (χ2v) is 9.57.